The second-order valence-corrected chi connectivity index (χ2v) is 7.04. The summed E-state index contributed by atoms with van der Waals surface area (Å²) in [4.78, 5) is 22.9. The van der Waals surface area contributed by atoms with E-state index in [1.54, 1.807) is 25.1 Å². The van der Waals surface area contributed by atoms with E-state index < -0.39 is 11.8 Å². The summed E-state index contributed by atoms with van der Waals surface area (Å²) in [7, 11) is 0. The Labute approximate surface area is 164 Å². The maximum Gasteiger partial charge on any atom is 0.328 e. The van der Waals surface area contributed by atoms with Gasteiger partial charge >= 0.3 is 6.03 Å². The first-order chi connectivity index (χ1) is 13.5. The zero-order valence-corrected chi connectivity index (χ0v) is 16.0. The number of carbonyl (C=O) groups excluding carboxylic acids is 1. The van der Waals surface area contributed by atoms with Crippen LogP contribution in [-0.2, 0) is 6.54 Å². The molecule has 2 aromatic carbocycles. The number of benzene rings is 2. The van der Waals surface area contributed by atoms with Crippen molar-refractivity contribution < 1.29 is 13.6 Å². The highest BCUT2D eigenvalue weighted by Gasteiger charge is 2.32. The van der Waals surface area contributed by atoms with Crippen LogP contribution in [0.4, 0.5) is 25.1 Å². The molecule has 0 fully saturated rings. The number of aromatic nitrogens is 2. The summed E-state index contributed by atoms with van der Waals surface area (Å²) >= 11 is 1.31. The number of anilines is 2. The highest BCUT2D eigenvalue weighted by Crippen LogP contribution is 2.38. The quantitative estimate of drug-likeness (QED) is 0.508. The van der Waals surface area contributed by atoms with Crippen molar-refractivity contribution >= 4 is 29.3 Å². The van der Waals surface area contributed by atoms with Gasteiger partial charge in [-0.05, 0) is 49.1 Å². The van der Waals surface area contributed by atoms with Gasteiger partial charge in [-0.2, -0.15) is 0 Å². The molecule has 0 atom stereocenters. The van der Waals surface area contributed by atoms with E-state index in [2.05, 4.69) is 15.3 Å². The lowest BCUT2D eigenvalue weighted by atomic mass is 10.00. The van der Waals surface area contributed by atoms with Crippen molar-refractivity contribution in [3.8, 4) is 11.3 Å². The van der Waals surface area contributed by atoms with Gasteiger partial charge < -0.3 is 5.32 Å². The Morgan fingerprint density at radius 3 is 2.64 bits per heavy atom. The van der Waals surface area contributed by atoms with Crippen LogP contribution in [-0.4, -0.2) is 22.3 Å². The van der Waals surface area contributed by atoms with E-state index in [1.807, 2.05) is 6.26 Å². The summed E-state index contributed by atoms with van der Waals surface area (Å²) < 4.78 is 28.0. The fraction of sp³-hybridized carbons (Fsp3) is 0.150. The molecular weight excluding hydrogens is 382 g/mol. The average molecular weight is 398 g/mol. The van der Waals surface area contributed by atoms with Crippen molar-refractivity contribution in [2.24, 2.45) is 0 Å². The molecule has 0 unspecified atom stereocenters. The van der Waals surface area contributed by atoms with Crippen molar-refractivity contribution in [2.75, 3.05) is 11.2 Å². The summed E-state index contributed by atoms with van der Waals surface area (Å²) in [5.74, 6) is -0.545. The maximum absolute atomic E-state index is 14.4. The van der Waals surface area contributed by atoms with E-state index in [0.717, 1.165) is 5.56 Å². The largest absolute Gasteiger partial charge is 0.333 e. The Morgan fingerprint density at radius 2 is 1.93 bits per heavy atom. The van der Waals surface area contributed by atoms with Crippen LogP contribution < -0.4 is 10.2 Å². The second-order valence-electron chi connectivity index (χ2n) is 6.27. The first-order valence-electron chi connectivity index (χ1n) is 8.53. The molecule has 1 aliphatic rings. The molecule has 8 heteroatoms. The zero-order chi connectivity index (χ0) is 19.8. The molecule has 0 saturated heterocycles. The number of hydrogen-bond donors (Lipinski definition) is 1. The van der Waals surface area contributed by atoms with E-state index in [9.17, 15) is 13.6 Å². The minimum atomic E-state index is -0.533. The van der Waals surface area contributed by atoms with Crippen molar-refractivity contribution in [1.82, 2.24) is 15.3 Å². The predicted octanol–water partition coefficient (Wildman–Crippen LogP) is 4.81. The average Bonchev–Trinajstić information content (AvgIpc) is 2.68. The van der Waals surface area contributed by atoms with Crippen molar-refractivity contribution in [2.45, 2.75) is 18.6 Å². The predicted molar refractivity (Wildman–Crippen MR) is 105 cm³/mol. The summed E-state index contributed by atoms with van der Waals surface area (Å²) in [6, 6.07) is 10.0. The SMILES string of the molecule is CSc1nc(-c2ccc(F)cc2C)c2c(n1)N(c1ccccc1F)C(=O)NC2. The highest BCUT2D eigenvalue weighted by atomic mass is 32.2. The van der Waals surface area contributed by atoms with Crippen LogP contribution in [0.2, 0.25) is 0 Å². The lowest BCUT2D eigenvalue weighted by Gasteiger charge is -2.30. The number of rotatable bonds is 3. The smallest absolute Gasteiger partial charge is 0.328 e. The third kappa shape index (κ3) is 3.09. The Kier molecular flexibility index (Phi) is 4.72. The second kappa shape index (κ2) is 7.20. The van der Waals surface area contributed by atoms with Crippen molar-refractivity contribution in [1.29, 1.82) is 0 Å². The Hall–Kier alpha value is -3.00. The molecule has 2 heterocycles. The molecule has 1 aliphatic heterocycles. The van der Waals surface area contributed by atoms with Gasteiger partial charge in [-0.3, -0.25) is 0 Å². The van der Waals surface area contributed by atoms with Gasteiger partial charge in [0.25, 0.3) is 0 Å². The number of fused-ring (bicyclic) bond motifs is 1. The number of halogens is 2. The number of carbonyl (C=O) groups is 1. The molecule has 28 heavy (non-hydrogen) atoms. The third-order valence-corrected chi connectivity index (χ3v) is 5.06. The molecule has 0 bridgehead atoms. The fourth-order valence-corrected chi connectivity index (χ4v) is 3.56. The first kappa shape index (κ1) is 18.4. The number of amides is 2. The van der Waals surface area contributed by atoms with Crippen LogP contribution in [0.5, 0.6) is 0 Å². The minimum absolute atomic E-state index is 0.105. The molecule has 3 aromatic rings. The topological polar surface area (TPSA) is 58.1 Å². The summed E-state index contributed by atoms with van der Waals surface area (Å²) in [6.07, 6.45) is 1.82. The summed E-state index contributed by atoms with van der Waals surface area (Å²) in [6.45, 7) is 1.99. The summed E-state index contributed by atoms with van der Waals surface area (Å²) in [5, 5.41) is 3.19. The number of para-hydroxylation sites is 1. The highest BCUT2D eigenvalue weighted by molar-refractivity contribution is 7.98. The molecule has 0 radical (unpaired) electrons. The number of thioether (sulfide) groups is 1. The third-order valence-electron chi connectivity index (χ3n) is 4.52. The van der Waals surface area contributed by atoms with E-state index in [4.69, 9.17) is 0 Å². The first-order valence-corrected chi connectivity index (χ1v) is 9.76. The Morgan fingerprint density at radius 1 is 1.14 bits per heavy atom. The molecular formula is C20H16F2N4OS. The molecule has 1 N–H and O–H groups in total. The van der Waals surface area contributed by atoms with Crippen LogP contribution in [0.25, 0.3) is 11.3 Å². The van der Waals surface area contributed by atoms with Crippen LogP contribution in [0, 0.1) is 18.6 Å². The van der Waals surface area contributed by atoms with Gasteiger partial charge in [-0.15, -0.1) is 0 Å². The number of hydrogen-bond acceptors (Lipinski definition) is 4. The van der Waals surface area contributed by atoms with Gasteiger partial charge in [-0.1, -0.05) is 23.9 Å². The molecule has 0 saturated carbocycles. The van der Waals surface area contributed by atoms with Crippen molar-refractivity contribution in [3.05, 3.63) is 65.2 Å². The van der Waals surface area contributed by atoms with Crippen LogP contribution in [0.1, 0.15) is 11.1 Å². The summed E-state index contributed by atoms with van der Waals surface area (Å²) in [5.41, 5.74) is 2.79. The monoisotopic (exact) mass is 398 g/mol. The van der Waals surface area contributed by atoms with Crippen LogP contribution in [0.15, 0.2) is 47.6 Å². The van der Waals surface area contributed by atoms with Gasteiger partial charge in [0.2, 0.25) is 0 Å². The van der Waals surface area contributed by atoms with Gasteiger partial charge in [0.15, 0.2) is 11.0 Å². The van der Waals surface area contributed by atoms with Gasteiger partial charge in [-0.25, -0.2) is 28.4 Å². The fourth-order valence-electron chi connectivity index (χ4n) is 3.20. The molecule has 1 aromatic heterocycles. The van der Waals surface area contributed by atoms with Gasteiger partial charge in [0.05, 0.1) is 17.9 Å². The number of nitrogens with one attached hydrogen (secondary N) is 1. The number of urea groups is 1. The standard InChI is InChI=1S/C20H16F2N4OS/c1-11-9-12(21)7-8-13(11)17-14-10-23-20(27)26(16-6-4-3-5-15(16)22)18(14)25-19(24-17)28-2/h3-9H,10H2,1-2H3,(H,23,27). The molecule has 0 spiro atoms. The van der Waals surface area contributed by atoms with E-state index in [-0.39, 0.29) is 18.0 Å². The van der Waals surface area contributed by atoms with E-state index >= 15 is 0 Å². The normalized spacial score (nSPS) is 13.3. The molecule has 0 aliphatic carbocycles. The lowest BCUT2D eigenvalue weighted by molar-refractivity contribution is 0.246. The van der Waals surface area contributed by atoms with E-state index in [1.165, 1.54) is 40.9 Å². The van der Waals surface area contributed by atoms with E-state index in [0.29, 0.717) is 27.8 Å². The molecule has 2 amide bonds. The zero-order valence-electron chi connectivity index (χ0n) is 15.2. The van der Waals surface area contributed by atoms with Crippen LogP contribution >= 0.6 is 11.8 Å². The molecule has 4 rings (SSSR count). The van der Waals surface area contributed by atoms with Crippen molar-refractivity contribution in [3.63, 3.8) is 0 Å². The van der Waals surface area contributed by atoms with Crippen LogP contribution in [0.3, 0.4) is 0 Å². The lowest BCUT2D eigenvalue weighted by Crippen LogP contribution is -2.42. The molecule has 142 valence electrons. The number of nitrogens with zero attached hydrogens (tertiary/aromatic N) is 3. The van der Waals surface area contributed by atoms with Gasteiger partial charge in [0.1, 0.15) is 11.6 Å². The minimum Gasteiger partial charge on any atom is -0.333 e. The Bertz CT molecular complexity index is 1090. The van der Waals surface area contributed by atoms with Gasteiger partial charge in [0, 0.05) is 11.1 Å². The molecule has 5 nitrogen and oxygen atoms in total. The maximum atomic E-state index is 14.4. The Balaban J connectivity index is 1.98. The number of aryl methyl sites for hydroxylation is 1.